The Morgan fingerprint density at radius 3 is 2.40 bits per heavy atom. The molecule has 3 rings (SSSR count). The van der Waals surface area contributed by atoms with Gasteiger partial charge >= 0.3 is 5.97 Å². The second-order valence-corrected chi connectivity index (χ2v) is 7.93. The number of rotatable bonds is 8. The number of amides is 1. The van der Waals surface area contributed by atoms with Gasteiger partial charge in [-0.25, -0.2) is 0 Å². The SMILES string of the molecule is Cc1cc(NC(=O)CC(=O)O)cc(C)c1Oc1ccc(O)c(C(O)CC2CCC2)c1. The minimum atomic E-state index is -1.19. The van der Waals surface area contributed by atoms with Gasteiger partial charge in [0.05, 0.1) is 6.10 Å². The highest BCUT2D eigenvalue weighted by Crippen LogP contribution is 2.39. The molecular formula is C23H27NO6. The van der Waals surface area contributed by atoms with Crippen LogP contribution < -0.4 is 10.1 Å². The van der Waals surface area contributed by atoms with E-state index in [-0.39, 0.29) is 5.75 Å². The van der Waals surface area contributed by atoms with Crippen molar-refractivity contribution >= 4 is 17.6 Å². The summed E-state index contributed by atoms with van der Waals surface area (Å²) in [6.07, 6.45) is 2.70. The number of ether oxygens (including phenoxy) is 1. The summed E-state index contributed by atoms with van der Waals surface area (Å²) >= 11 is 0. The van der Waals surface area contributed by atoms with E-state index in [4.69, 9.17) is 9.84 Å². The van der Waals surface area contributed by atoms with Crippen LogP contribution >= 0.6 is 0 Å². The molecule has 30 heavy (non-hydrogen) atoms. The van der Waals surface area contributed by atoms with Crippen LogP contribution in [0.15, 0.2) is 30.3 Å². The average Bonchev–Trinajstić information content (AvgIpc) is 2.61. The van der Waals surface area contributed by atoms with Crippen LogP contribution in [-0.4, -0.2) is 27.2 Å². The molecule has 2 aromatic rings. The van der Waals surface area contributed by atoms with E-state index in [9.17, 15) is 19.8 Å². The average molecular weight is 413 g/mol. The van der Waals surface area contributed by atoms with Gasteiger partial charge < -0.3 is 25.4 Å². The minimum Gasteiger partial charge on any atom is -0.508 e. The fraction of sp³-hybridized carbons (Fsp3) is 0.391. The van der Waals surface area contributed by atoms with Gasteiger partial charge in [0.2, 0.25) is 5.91 Å². The highest BCUT2D eigenvalue weighted by Gasteiger charge is 2.24. The first-order valence-corrected chi connectivity index (χ1v) is 10.0. The van der Waals surface area contributed by atoms with E-state index in [1.165, 1.54) is 12.5 Å². The van der Waals surface area contributed by atoms with Crippen molar-refractivity contribution in [1.29, 1.82) is 0 Å². The van der Waals surface area contributed by atoms with E-state index in [2.05, 4.69) is 5.32 Å². The number of nitrogens with one attached hydrogen (secondary N) is 1. The lowest BCUT2D eigenvalue weighted by Crippen LogP contribution is -2.16. The number of aliphatic hydroxyl groups is 1. The molecule has 0 spiro atoms. The maximum absolute atomic E-state index is 11.7. The number of carbonyl (C=O) groups is 2. The Bertz CT molecular complexity index is 928. The van der Waals surface area contributed by atoms with Gasteiger partial charge in [-0.05, 0) is 67.6 Å². The quantitative estimate of drug-likeness (QED) is 0.476. The van der Waals surface area contributed by atoms with Gasteiger partial charge in [-0.1, -0.05) is 19.3 Å². The molecule has 7 heteroatoms. The number of hydrogen-bond donors (Lipinski definition) is 4. The van der Waals surface area contributed by atoms with Crippen molar-refractivity contribution in [3.8, 4) is 17.2 Å². The van der Waals surface area contributed by atoms with E-state index < -0.39 is 24.4 Å². The highest BCUT2D eigenvalue weighted by molar-refractivity contribution is 6.01. The van der Waals surface area contributed by atoms with Crippen LogP contribution in [0, 0.1) is 19.8 Å². The number of phenols is 1. The number of hydrogen-bond acceptors (Lipinski definition) is 5. The molecule has 0 saturated heterocycles. The van der Waals surface area contributed by atoms with Gasteiger partial charge in [0.25, 0.3) is 0 Å². The third-order valence-corrected chi connectivity index (χ3v) is 5.42. The zero-order valence-corrected chi connectivity index (χ0v) is 17.1. The number of aryl methyl sites for hydroxylation is 2. The lowest BCUT2D eigenvalue weighted by molar-refractivity contribution is -0.139. The molecule has 0 bridgehead atoms. The predicted molar refractivity (Wildman–Crippen MR) is 112 cm³/mol. The molecule has 0 aliphatic heterocycles. The Labute approximate surface area is 175 Å². The summed E-state index contributed by atoms with van der Waals surface area (Å²) in [6, 6.07) is 8.21. The zero-order chi connectivity index (χ0) is 21.8. The van der Waals surface area contributed by atoms with Crippen molar-refractivity contribution in [3.05, 3.63) is 47.0 Å². The minimum absolute atomic E-state index is 0.0408. The van der Waals surface area contributed by atoms with Crippen LogP contribution in [-0.2, 0) is 9.59 Å². The summed E-state index contributed by atoms with van der Waals surface area (Å²) in [6.45, 7) is 3.64. The monoisotopic (exact) mass is 413 g/mol. The van der Waals surface area contributed by atoms with Gasteiger partial charge in [-0.2, -0.15) is 0 Å². The predicted octanol–water partition coefficient (Wildman–Crippen LogP) is 4.44. The molecule has 1 aliphatic rings. The molecule has 1 atom stereocenters. The van der Waals surface area contributed by atoms with E-state index in [1.54, 1.807) is 24.3 Å². The number of carboxylic acids is 1. The Hall–Kier alpha value is -3.06. The van der Waals surface area contributed by atoms with Crippen molar-refractivity contribution in [3.63, 3.8) is 0 Å². The lowest BCUT2D eigenvalue weighted by atomic mass is 9.80. The Kier molecular flexibility index (Phi) is 6.62. The molecule has 0 radical (unpaired) electrons. The van der Waals surface area contributed by atoms with Gasteiger partial charge in [0, 0.05) is 11.3 Å². The molecule has 1 amide bonds. The molecular weight excluding hydrogens is 386 g/mol. The van der Waals surface area contributed by atoms with Crippen molar-refractivity contribution in [2.75, 3.05) is 5.32 Å². The Balaban J connectivity index is 1.76. The first kappa shape index (κ1) is 21.6. The number of aliphatic carboxylic acids is 1. The summed E-state index contributed by atoms with van der Waals surface area (Å²) in [4.78, 5) is 22.3. The van der Waals surface area contributed by atoms with Crippen LogP contribution in [0.4, 0.5) is 5.69 Å². The molecule has 0 aromatic heterocycles. The van der Waals surface area contributed by atoms with Crippen molar-refractivity contribution in [1.82, 2.24) is 0 Å². The smallest absolute Gasteiger partial charge is 0.312 e. The number of carboxylic acid groups (broad SMARTS) is 1. The second-order valence-electron chi connectivity index (χ2n) is 7.93. The largest absolute Gasteiger partial charge is 0.508 e. The van der Waals surface area contributed by atoms with Gasteiger partial charge in [-0.3, -0.25) is 9.59 Å². The summed E-state index contributed by atoms with van der Waals surface area (Å²) in [5, 5.41) is 32.0. The molecule has 2 aromatic carbocycles. The standard InChI is InChI=1S/C23H27NO6/c1-13-8-16(24-21(27)12-22(28)29)9-14(2)23(13)30-17-6-7-19(25)18(11-17)20(26)10-15-4-3-5-15/h6-9,11,15,20,25-26H,3-5,10,12H2,1-2H3,(H,24,27)(H,28,29). The first-order valence-electron chi connectivity index (χ1n) is 10.0. The maximum Gasteiger partial charge on any atom is 0.312 e. The molecule has 1 fully saturated rings. The lowest BCUT2D eigenvalue weighted by Gasteiger charge is -2.28. The second kappa shape index (κ2) is 9.17. The fourth-order valence-corrected chi connectivity index (χ4v) is 3.68. The molecule has 4 N–H and O–H groups in total. The molecule has 7 nitrogen and oxygen atoms in total. The van der Waals surface area contributed by atoms with Crippen LogP contribution in [0.25, 0.3) is 0 Å². The summed E-state index contributed by atoms with van der Waals surface area (Å²) in [5.74, 6) is -0.167. The number of phenolic OH excluding ortho intramolecular Hbond substituents is 1. The molecule has 0 heterocycles. The number of benzene rings is 2. The number of anilines is 1. The van der Waals surface area contributed by atoms with E-state index >= 15 is 0 Å². The number of aromatic hydroxyl groups is 1. The third kappa shape index (κ3) is 5.30. The van der Waals surface area contributed by atoms with E-state index in [1.807, 2.05) is 13.8 Å². The van der Waals surface area contributed by atoms with Gasteiger partial charge in [-0.15, -0.1) is 0 Å². The fourth-order valence-electron chi connectivity index (χ4n) is 3.68. The zero-order valence-electron chi connectivity index (χ0n) is 17.1. The molecule has 160 valence electrons. The Morgan fingerprint density at radius 1 is 1.17 bits per heavy atom. The van der Waals surface area contributed by atoms with Gasteiger partial charge in [0.15, 0.2) is 0 Å². The van der Waals surface area contributed by atoms with Crippen molar-refractivity contribution in [2.45, 2.75) is 52.1 Å². The molecule has 1 saturated carbocycles. The normalized spacial score (nSPS) is 14.6. The third-order valence-electron chi connectivity index (χ3n) is 5.42. The maximum atomic E-state index is 11.7. The first-order chi connectivity index (χ1) is 14.2. The number of carbonyl (C=O) groups excluding carboxylic acids is 1. The topological polar surface area (TPSA) is 116 Å². The Morgan fingerprint density at radius 2 is 1.83 bits per heavy atom. The summed E-state index contributed by atoms with van der Waals surface area (Å²) in [7, 11) is 0. The van der Waals surface area contributed by atoms with Gasteiger partial charge in [0.1, 0.15) is 23.7 Å². The van der Waals surface area contributed by atoms with E-state index in [0.29, 0.717) is 35.1 Å². The highest BCUT2D eigenvalue weighted by atomic mass is 16.5. The summed E-state index contributed by atoms with van der Waals surface area (Å²) < 4.78 is 6.03. The van der Waals surface area contributed by atoms with Crippen LogP contribution in [0.3, 0.4) is 0 Å². The summed E-state index contributed by atoms with van der Waals surface area (Å²) in [5.41, 5.74) is 2.45. The van der Waals surface area contributed by atoms with Crippen LogP contribution in [0.5, 0.6) is 17.2 Å². The molecule has 1 aliphatic carbocycles. The van der Waals surface area contributed by atoms with Crippen LogP contribution in [0.1, 0.15) is 54.9 Å². The van der Waals surface area contributed by atoms with Crippen LogP contribution in [0.2, 0.25) is 0 Å². The van der Waals surface area contributed by atoms with Crippen molar-refractivity contribution in [2.24, 2.45) is 5.92 Å². The van der Waals surface area contributed by atoms with E-state index in [0.717, 1.165) is 24.0 Å². The number of aliphatic hydroxyl groups excluding tert-OH is 1. The van der Waals surface area contributed by atoms with Crippen molar-refractivity contribution < 1.29 is 29.6 Å². The molecule has 1 unspecified atom stereocenters.